The molecule has 1 aliphatic heterocycles. The van der Waals surface area contributed by atoms with Crippen LogP contribution in [0.2, 0.25) is 0 Å². The van der Waals surface area contributed by atoms with Crippen molar-refractivity contribution in [3.05, 3.63) is 64.7 Å². The van der Waals surface area contributed by atoms with Crippen molar-refractivity contribution < 1.29 is 14.3 Å². The predicted molar refractivity (Wildman–Crippen MR) is 99.4 cm³/mol. The topological polar surface area (TPSA) is 49.9 Å². The molecule has 0 unspecified atom stereocenters. The summed E-state index contributed by atoms with van der Waals surface area (Å²) >= 11 is 0. The molecular weight excluding hydrogens is 328 g/mol. The number of carbonyl (C=O) groups excluding carboxylic acids is 2. The molecule has 1 fully saturated rings. The van der Waals surface area contributed by atoms with E-state index in [4.69, 9.17) is 4.74 Å². The lowest BCUT2D eigenvalue weighted by molar-refractivity contribution is 0.0600. The van der Waals surface area contributed by atoms with Crippen LogP contribution in [-0.4, -0.2) is 37.1 Å². The van der Waals surface area contributed by atoms with E-state index in [2.05, 4.69) is 18.2 Å². The highest BCUT2D eigenvalue weighted by molar-refractivity contribution is 5.94. The van der Waals surface area contributed by atoms with Crippen molar-refractivity contribution >= 4 is 17.7 Å². The average molecular weight is 350 g/mol. The predicted octanol–water partition coefficient (Wildman–Crippen LogP) is 3.40. The largest absolute Gasteiger partial charge is 0.465 e. The number of anilines is 1. The second-order valence-corrected chi connectivity index (χ2v) is 6.85. The van der Waals surface area contributed by atoms with E-state index in [1.54, 1.807) is 12.1 Å². The van der Waals surface area contributed by atoms with Crippen LogP contribution < -0.4 is 4.90 Å². The van der Waals surface area contributed by atoms with E-state index >= 15 is 0 Å². The van der Waals surface area contributed by atoms with E-state index in [1.165, 1.54) is 24.7 Å². The molecule has 0 bridgehead atoms. The smallest absolute Gasteiger partial charge is 0.337 e. The number of esters is 1. The molecule has 0 atom stereocenters. The number of hydrogen-bond acceptors (Lipinski definition) is 3. The molecule has 0 spiro atoms. The highest BCUT2D eigenvalue weighted by atomic mass is 16.5. The number of methoxy groups -OCH3 is 1. The molecule has 26 heavy (non-hydrogen) atoms. The minimum absolute atomic E-state index is 0.0417. The van der Waals surface area contributed by atoms with Gasteiger partial charge < -0.3 is 9.64 Å². The maximum atomic E-state index is 12.8. The van der Waals surface area contributed by atoms with Gasteiger partial charge in [-0.1, -0.05) is 18.2 Å². The van der Waals surface area contributed by atoms with E-state index in [1.807, 2.05) is 21.9 Å². The van der Waals surface area contributed by atoms with Crippen LogP contribution in [0.4, 0.5) is 10.5 Å². The van der Waals surface area contributed by atoms with Crippen molar-refractivity contribution in [2.24, 2.45) is 0 Å². The van der Waals surface area contributed by atoms with Crippen LogP contribution in [0.1, 0.15) is 33.5 Å². The quantitative estimate of drug-likeness (QED) is 0.794. The van der Waals surface area contributed by atoms with Crippen LogP contribution in [0.3, 0.4) is 0 Å². The summed E-state index contributed by atoms with van der Waals surface area (Å²) in [5, 5.41) is 0. The van der Waals surface area contributed by atoms with Gasteiger partial charge in [0.15, 0.2) is 0 Å². The van der Waals surface area contributed by atoms with E-state index in [0.717, 1.165) is 24.1 Å². The Morgan fingerprint density at radius 3 is 2.58 bits per heavy atom. The Balaban J connectivity index is 1.45. The molecular formula is C21H22N2O3. The molecule has 0 N–H and O–H groups in total. The summed E-state index contributed by atoms with van der Waals surface area (Å²) in [6.07, 6.45) is 3.47. The van der Waals surface area contributed by atoms with Gasteiger partial charge in [-0.15, -0.1) is 0 Å². The molecule has 5 nitrogen and oxygen atoms in total. The Hall–Kier alpha value is -2.82. The Labute approximate surface area is 153 Å². The first-order valence-corrected chi connectivity index (χ1v) is 9.01. The number of hydrogen-bond donors (Lipinski definition) is 0. The van der Waals surface area contributed by atoms with Gasteiger partial charge in [0.05, 0.1) is 12.7 Å². The summed E-state index contributed by atoms with van der Waals surface area (Å²) in [6.45, 7) is 1.95. The van der Waals surface area contributed by atoms with E-state index in [0.29, 0.717) is 25.2 Å². The van der Waals surface area contributed by atoms with E-state index < -0.39 is 0 Å². The molecule has 2 aromatic rings. The van der Waals surface area contributed by atoms with Crippen molar-refractivity contribution in [1.82, 2.24) is 4.90 Å². The van der Waals surface area contributed by atoms with Gasteiger partial charge in [-0.3, -0.25) is 4.90 Å². The number of ether oxygens (including phenoxy) is 1. The number of aryl methyl sites for hydroxylation is 2. The van der Waals surface area contributed by atoms with Crippen molar-refractivity contribution in [2.45, 2.75) is 25.8 Å². The molecule has 1 aliphatic carbocycles. The molecule has 134 valence electrons. The van der Waals surface area contributed by atoms with Crippen molar-refractivity contribution in [3.63, 3.8) is 0 Å². The van der Waals surface area contributed by atoms with Gasteiger partial charge in [0.2, 0.25) is 0 Å². The highest BCUT2D eigenvalue weighted by Crippen LogP contribution is 2.29. The lowest BCUT2D eigenvalue weighted by Crippen LogP contribution is -2.31. The summed E-state index contributed by atoms with van der Waals surface area (Å²) in [4.78, 5) is 28.0. The van der Waals surface area contributed by atoms with Crippen LogP contribution in [0.25, 0.3) is 0 Å². The first-order valence-electron chi connectivity index (χ1n) is 9.01. The normalized spacial score (nSPS) is 16.1. The fourth-order valence-corrected chi connectivity index (χ4v) is 3.78. The molecule has 5 heteroatoms. The second kappa shape index (κ2) is 6.83. The van der Waals surface area contributed by atoms with Crippen LogP contribution in [-0.2, 0) is 24.1 Å². The minimum Gasteiger partial charge on any atom is -0.465 e. The molecule has 0 saturated carbocycles. The Morgan fingerprint density at radius 1 is 1.04 bits per heavy atom. The summed E-state index contributed by atoms with van der Waals surface area (Å²) in [5.41, 5.74) is 5.32. The molecule has 1 saturated heterocycles. The second-order valence-electron chi connectivity index (χ2n) is 6.85. The Bertz CT molecular complexity index is 845. The maximum Gasteiger partial charge on any atom is 0.337 e. The van der Waals surface area contributed by atoms with Crippen molar-refractivity contribution in [1.29, 1.82) is 0 Å². The summed E-state index contributed by atoms with van der Waals surface area (Å²) < 4.78 is 4.71. The van der Waals surface area contributed by atoms with E-state index in [9.17, 15) is 9.59 Å². The molecule has 4 rings (SSSR count). The number of urea groups is 1. The third-order valence-corrected chi connectivity index (χ3v) is 5.24. The third kappa shape index (κ3) is 3.05. The fourth-order valence-electron chi connectivity index (χ4n) is 3.78. The van der Waals surface area contributed by atoms with Crippen LogP contribution in [0, 0.1) is 0 Å². The number of amides is 2. The first kappa shape index (κ1) is 16.6. The zero-order valence-electron chi connectivity index (χ0n) is 14.9. The van der Waals surface area contributed by atoms with Crippen LogP contribution in [0.5, 0.6) is 0 Å². The summed E-state index contributed by atoms with van der Waals surface area (Å²) in [7, 11) is 1.37. The molecule has 2 aromatic carbocycles. The maximum absolute atomic E-state index is 12.8. The van der Waals surface area contributed by atoms with Gasteiger partial charge in [0.25, 0.3) is 0 Å². The lowest BCUT2D eigenvalue weighted by atomic mass is 10.1. The first-order chi connectivity index (χ1) is 12.7. The Kier molecular flexibility index (Phi) is 4.37. The van der Waals surface area contributed by atoms with Gasteiger partial charge in [0.1, 0.15) is 0 Å². The minimum atomic E-state index is -0.350. The van der Waals surface area contributed by atoms with Crippen molar-refractivity contribution in [2.75, 3.05) is 25.1 Å². The molecule has 2 aliphatic rings. The number of rotatable bonds is 4. The molecule has 0 aromatic heterocycles. The van der Waals surface area contributed by atoms with Gasteiger partial charge in [-0.2, -0.15) is 0 Å². The number of carbonyl (C=O) groups is 2. The number of nitrogens with zero attached hydrogens (tertiary/aromatic N) is 2. The Morgan fingerprint density at radius 2 is 1.81 bits per heavy atom. The SMILES string of the molecule is COC(=O)c1ccc(CN2CCN(c3ccc4c(c3)CCC4)C2=O)cc1. The monoisotopic (exact) mass is 350 g/mol. The standard InChI is InChI=1S/C21H22N2O3/c1-26-20(24)17-7-5-15(6-8-17)14-22-11-12-23(21(22)25)19-10-9-16-3-2-4-18(16)13-19/h5-10,13H,2-4,11-12,14H2,1H3. The van der Waals surface area contributed by atoms with Crippen molar-refractivity contribution in [3.8, 4) is 0 Å². The molecule has 0 radical (unpaired) electrons. The van der Waals surface area contributed by atoms with Gasteiger partial charge >= 0.3 is 12.0 Å². The zero-order valence-corrected chi connectivity index (χ0v) is 14.9. The molecule has 1 heterocycles. The zero-order chi connectivity index (χ0) is 18.1. The number of benzene rings is 2. The fraction of sp³-hybridized carbons (Fsp3) is 0.333. The lowest BCUT2D eigenvalue weighted by Gasteiger charge is -2.19. The summed E-state index contributed by atoms with van der Waals surface area (Å²) in [5.74, 6) is -0.350. The van der Waals surface area contributed by atoms with E-state index in [-0.39, 0.29) is 12.0 Å². The highest BCUT2D eigenvalue weighted by Gasteiger charge is 2.30. The van der Waals surface area contributed by atoms with Gasteiger partial charge in [0, 0.05) is 25.3 Å². The van der Waals surface area contributed by atoms with Crippen LogP contribution in [0.15, 0.2) is 42.5 Å². The van der Waals surface area contributed by atoms with Gasteiger partial charge in [-0.05, 0) is 60.2 Å². The number of fused-ring (bicyclic) bond motifs is 1. The van der Waals surface area contributed by atoms with Crippen LogP contribution >= 0.6 is 0 Å². The molecule has 2 amide bonds. The average Bonchev–Trinajstić information content (AvgIpc) is 3.28. The summed E-state index contributed by atoms with van der Waals surface area (Å²) in [6, 6.07) is 13.7. The third-order valence-electron chi connectivity index (χ3n) is 5.24. The van der Waals surface area contributed by atoms with Gasteiger partial charge in [-0.25, -0.2) is 9.59 Å².